The average Bonchev–Trinajstić information content (AvgIpc) is 2.46. The zero-order chi connectivity index (χ0) is 14.1. The maximum absolute atomic E-state index is 13.2. The lowest BCUT2D eigenvalue weighted by Crippen LogP contribution is -2.01. The molecular weight excluding hydrogens is 319 g/mol. The van der Waals surface area contributed by atoms with Gasteiger partial charge in [-0.2, -0.15) is 0 Å². The van der Waals surface area contributed by atoms with Crippen LogP contribution in [0.25, 0.3) is 10.8 Å². The lowest BCUT2D eigenvalue weighted by Gasteiger charge is -2.04. The number of rotatable bonds is 2. The summed E-state index contributed by atoms with van der Waals surface area (Å²) in [5, 5.41) is 2.03. The molecule has 0 atom stereocenters. The van der Waals surface area contributed by atoms with E-state index in [2.05, 4.69) is 15.9 Å². The van der Waals surface area contributed by atoms with Gasteiger partial charge in [0, 0.05) is 15.6 Å². The van der Waals surface area contributed by atoms with Crippen molar-refractivity contribution in [1.29, 1.82) is 0 Å². The van der Waals surface area contributed by atoms with E-state index in [1.54, 1.807) is 18.2 Å². The Balaban J connectivity index is 2.06. The first-order valence-corrected chi connectivity index (χ1v) is 6.92. The molecule has 1 nitrogen and oxygen atoms in total. The predicted octanol–water partition coefficient (Wildman–Crippen LogP) is 4.97. The highest BCUT2D eigenvalue weighted by molar-refractivity contribution is 9.10. The number of hydrogen-bond acceptors (Lipinski definition) is 1. The van der Waals surface area contributed by atoms with Crippen LogP contribution in [0.5, 0.6) is 0 Å². The van der Waals surface area contributed by atoms with Gasteiger partial charge in [-0.25, -0.2) is 4.39 Å². The molecule has 0 saturated heterocycles. The molecule has 0 aromatic heterocycles. The molecule has 3 rings (SSSR count). The van der Waals surface area contributed by atoms with E-state index in [0.29, 0.717) is 11.1 Å². The van der Waals surface area contributed by atoms with Gasteiger partial charge in [-0.15, -0.1) is 0 Å². The molecule has 0 bridgehead atoms. The second-order valence-electron chi connectivity index (χ2n) is 4.55. The third kappa shape index (κ3) is 2.49. The van der Waals surface area contributed by atoms with Crippen LogP contribution in [0.15, 0.2) is 65.1 Å². The standard InChI is InChI=1S/C17H10BrFO/c18-15-7-6-11-8-14(5-4-12(11)9-15)17(20)13-2-1-3-16(19)10-13/h1-10H. The molecule has 0 unspecified atom stereocenters. The highest BCUT2D eigenvalue weighted by Crippen LogP contribution is 2.22. The number of ketones is 1. The van der Waals surface area contributed by atoms with Crippen molar-refractivity contribution in [2.24, 2.45) is 0 Å². The molecule has 0 saturated carbocycles. The molecule has 20 heavy (non-hydrogen) atoms. The summed E-state index contributed by atoms with van der Waals surface area (Å²) in [7, 11) is 0. The van der Waals surface area contributed by atoms with E-state index in [-0.39, 0.29) is 5.78 Å². The summed E-state index contributed by atoms with van der Waals surface area (Å²) in [6.45, 7) is 0. The minimum Gasteiger partial charge on any atom is -0.289 e. The van der Waals surface area contributed by atoms with E-state index in [1.165, 1.54) is 12.1 Å². The number of fused-ring (bicyclic) bond motifs is 1. The van der Waals surface area contributed by atoms with E-state index >= 15 is 0 Å². The van der Waals surface area contributed by atoms with E-state index in [1.807, 2.05) is 30.3 Å². The topological polar surface area (TPSA) is 17.1 Å². The molecule has 0 spiro atoms. The summed E-state index contributed by atoms with van der Waals surface area (Å²) in [4.78, 5) is 12.3. The number of carbonyl (C=O) groups is 1. The van der Waals surface area contributed by atoms with Crippen LogP contribution < -0.4 is 0 Å². The fourth-order valence-electron chi connectivity index (χ4n) is 2.15. The van der Waals surface area contributed by atoms with Gasteiger partial charge in [-0.1, -0.05) is 46.3 Å². The molecule has 3 aromatic rings. The molecule has 0 heterocycles. The van der Waals surface area contributed by atoms with Gasteiger partial charge in [0.15, 0.2) is 5.78 Å². The van der Waals surface area contributed by atoms with Gasteiger partial charge in [-0.05, 0) is 41.1 Å². The molecule has 0 radical (unpaired) electrons. The summed E-state index contributed by atoms with van der Waals surface area (Å²) in [5.41, 5.74) is 0.923. The van der Waals surface area contributed by atoms with Gasteiger partial charge < -0.3 is 0 Å². The lowest BCUT2D eigenvalue weighted by molar-refractivity contribution is 0.103. The quantitative estimate of drug-likeness (QED) is 0.607. The van der Waals surface area contributed by atoms with Crippen molar-refractivity contribution >= 4 is 32.5 Å². The van der Waals surface area contributed by atoms with Crippen LogP contribution in [-0.2, 0) is 0 Å². The van der Waals surface area contributed by atoms with Crippen molar-refractivity contribution < 1.29 is 9.18 Å². The summed E-state index contributed by atoms with van der Waals surface area (Å²) >= 11 is 3.42. The second kappa shape index (κ2) is 5.17. The van der Waals surface area contributed by atoms with E-state index in [9.17, 15) is 9.18 Å². The number of benzene rings is 3. The summed E-state index contributed by atoms with van der Waals surface area (Å²) in [6.07, 6.45) is 0. The predicted molar refractivity (Wildman–Crippen MR) is 81.5 cm³/mol. The minimum atomic E-state index is -0.402. The van der Waals surface area contributed by atoms with Gasteiger partial charge in [-0.3, -0.25) is 4.79 Å². The van der Waals surface area contributed by atoms with Crippen molar-refractivity contribution in [1.82, 2.24) is 0 Å². The van der Waals surface area contributed by atoms with Crippen LogP contribution in [0.2, 0.25) is 0 Å². The van der Waals surface area contributed by atoms with E-state index in [4.69, 9.17) is 0 Å². The Kier molecular flexibility index (Phi) is 3.36. The molecular formula is C17H10BrFO. The highest BCUT2D eigenvalue weighted by Gasteiger charge is 2.10. The smallest absolute Gasteiger partial charge is 0.193 e. The highest BCUT2D eigenvalue weighted by atomic mass is 79.9. The van der Waals surface area contributed by atoms with Crippen LogP contribution >= 0.6 is 15.9 Å². The van der Waals surface area contributed by atoms with Gasteiger partial charge in [0.25, 0.3) is 0 Å². The number of carbonyl (C=O) groups excluding carboxylic acids is 1. The average molecular weight is 329 g/mol. The largest absolute Gasteiger partial charge is 0.289 e. The fraction of sp³-hybridized carbons (Fsp3) is 0. The zero-order valence-corrected chi connectivity index (χ0v) is 12.0. The summed E-state index contributed by atoms with van der Waals surface area (Å²) < 4.78 is 14.2. The van der Waals surface area contributed by atoms with Crippen molar-refractivity contribution in [2.45, 2.75) is 0 Å². The molecule has 0 aliphatic heterocycles. The molecule has 0 amide bonds. The van der Waals surface area contributed by atoms with Crippen LogP contribution in [0, 0.1) is 5.82 Å². The van der Waals surface area contributed by atoms with Crippen molar-refractivity contribution in [2.75, 3.05) is 0 Å². The second-order valence-corrected chi connectivity index (χ2v) is 5.46. The third-order valence-corrected chi connectivity index (χ3v) is 3.64. The molecule has 3 aromatic carbocycles. The van der Waals surface area contributed by atoms with Crippen molar-refractivity contribution in [3.63, 3.8) is 0 Å². The Morgan fingerprint density at radius 2 is 1.55 bits per heavy atom. The maximum atomic E-state index is 13.2. The Labute approximate surface area is 124 Å². The molecule has 0 aliphatic carbocycles. The first-order chi connectivity index (χ1) is 9.63. The van der Waals surface area contributed by atoms with Gasteiger partial charge in [0.05, 0.1) is 0 Å². The first kappa shape index (κ1) is 13.0. The normalized spacial score (nSPS) is 10.7. The van der Waals surface area contributed by atoms with Crippen LogP contribution in [0.3, 0.4) is 0 Å². The SMILES string of the molecule is O=C(c1cccc(F)c1)c1ccc2cc(Br)ccc2c1. The summed E-state index contributed by atoms with van der Waals surface area (Å²) in [5.74, 6) is -0.574. The summed E-state index contributed by atoms with van der Waals surface area (Å²) in [6, 6.07) is 17.1. The Morgan fingerprint density at radius 1 is 0.850 bits per heavy atom. The van der Waals surface area contributed by atoms with Crippen LogP contribution in [-0.4, -0.2) is 5.78 Å². The van der Waals surface area contributed by atoms with Crippen LogP contribution in [0.4, 0.5) is 4.39 Å². The van der Waals surface area contributed by atoms with Gasteiger partial charge >= 0.3 is 0 Å². The maximum Gasteiger partial charge on any atom is 0.193 e. The first-order valence-electron chi connectivity index (χ1n) is 6.13. The fourth-order valence-corrected chi connectivity index (χ4v) is 2.53. The Morgan fingerprint density at radius 3 is 2.35 bits per heavy atom. The Hall–Kier alpha value is -2.00. The molecule has 0 fully saturated rings. The van der Waals surface area contributed by atoms with Gasteiger partial charge in [0.1, 0.15) is 5.82 Å². The van der Waals surface area contributed by atoms with Crippen LogP contribution in [0.1, 0.15) is 15.9 Å². The van der Waals surface area contributed by atoms with E-state index in [0.717, 1.165) is 15.2 Å². The lowest BCUT2D eigenvalue weighted by atomic mass is 10.00. The zero-order valence-electron chi connectivity index (χ0n) is 10.4. The van der Waals surface area contributed by atoms with Crippen molar-refractivity contribution in [3.05, 3.63) is 82.1 Å². The molecule has 0 N–H and O–H groups in total. The molecule has 0 aliphatic rings. The number of hydrogen-bond donors (Lipinski definition) is 0. The van der Waals surface area contributed by atoms with E-state index < -0.39 is 5.82 Å². The number of halogens is 2. The monoisotopic (exact) mass is 328 g/mol. The Bertz CT molecular complexity index is 811. The minimum absolute atomic E-state index is 0.172. The third-order valence-electron chi connectivity index (χ3n) is 3.15. The molecule has 98 valence electrons. The molecule has 3 heteroatoms. The van der Waals surface area contributed by atoms with Crippen molar-refractivity contribution in [3.8, 4) is 0 Å². The van der Waals surface area contributed by atoms with Gasteiger partial charge in [0.2, 0.25) is 0 Å².